The van der Waals surface area contributed by atoms with E-state index >= 15 is 0 Å². The molecule has 7 rings (SSSR count). The first-order valence-corrected chi connectivity index (χ1v) is 15.4. The van der Waals surface area contributed by atoms with Crippen molar-refractivity contribution in [1.29, 1.82) is 0 Å². The molecule has 7 bridgehead atoms. The lowest BCUT2D eigenvalue weighted by Crippen LogP contribution is -2.73. The third kappa shape index (κ3) is 3.38. The third-order valence-corrected chi connectivity index (χ3v) is 12.4. The number of nitrogens with zero attached hydrogens (tertiary/aromatic N) is 1. The fraction of sp³-hybridized carbons (Fsp3) is 0.727. The quantitative estimate of drug-likeness (QED) is 0.267. The SMILES string of the molecule is CCN1C[C@]2(COC)CCC(OC)[C@@]34[C@@H]5C[C@@H]6C(OC)C=C([C@H]5C6(O)OC(=O)c5ccc(OC)cc5)[C@@H](C(OC)[C@H]23)[C@@H]14. The molecule has 9 nitrogen and oxygen atoms in total. The van der Waals surface area contributed by atoms with Crippen LogP contribution in [0.4, 0.5) is 0 Å². The molecular formula is C33H45NO8. The molecule has 1 aromatic rings. The number of methoxy groups -OCH3 is 5. The normalized spacial score (nSPS) is 46.4. The van der Waals surface area contributed by atoms with Crippen LogP contribution in [0, 0.1) is 40.4 Å². The molecule has 6 aliphatic rings. The summed E-state index contributed by atoms with van der Waals surface area (Å²) in [6.45, 7) is 4.77. The molecule has 42 heavy (non-hydrogen) atoms. The molecule has 12 atom stereocenters. The van der Waals surface area contributed by atoms with Gasteiger partial charge in [0.05, 0.1) is 43.5 Å². The third-order valence-electron chi connectivity index (χ3n) is 12.4. The van der Waals surface area contributed by atoms with Crippen LogP contribution in [0.5, 0.6) is 5.75 Å². The Balaban J connectivity index is 1.39. The van der Waals surface area contributed by atoms with Gasteiger partial charge in [-0.2, -0.15) is 0 Å². The van der Waals surface area contributed by atoms with Crippen LogP contribution in [0.25, 0.3) is 0 Å². The van der Waals surface area contributed by atoms with Gasteiger partial charge in [0.2, 0.25) is 5.79 Å². The Labute approximate surface area is 248 Å². The monoisotopic (exact) mass is 583 g/mol. The summed E-state index contributed by atoms with van der Waals surface area (Å²) in [5.74, 6) is -2.16. The van der Waals surface area contributed by atoms with Gasteiger partial charge in [-0.25, -0.2) is 4.79 Å². The Kier molecular flexibility index (Phi) is 6.85. The predicted octanol–water partition coefficient (Wildman–Crippen LogP) is 3.15. The number of benzene rings is 1. The van der Waals surface area contributed by atoms with E-state index in [1.165, 1.54) is 0 Å². The van der Waals surface area contributed by atoms with Gasteiger partial charge in [-0.15, -0.1) is 0 Å². The highest BCUT2D eigenvalue weighted by atomic mass is 16.7. The number of carbonyl (C=O) groups excluding carboxylic acids is 1. The molecule has 1 heterocycles. The van der Waals surface area contributed by atoms with E-state index in [1.807, 2.05) is 14.2 Å². The standard InChI is InChI=1S/C33H45NO8/c1-7-34-16-31(17-37-2)13-12-24(40-5)32-22-15-21-23(39-4)14-20(25(29(32)34)27(41-6)28(31)32)26(22)33(21,36)42-30(35)18-8-10-19(38-3)11-9-18/h8-11,14,21-29,36H,7,12-13,15-17H2,1-6H3/t21-,22-,23?,24?,25+,26-,27?,28-,29-,31+,32+,33?/m1/s1. The van der Waals surface area contributed by atoms with Gasteiger partial charge in [0.25, 0.3) is 0 Å². The Bertz CT molecular complexity index is 1250. The van der Waals surface area contributed by atoms with Gasteiger partial charge in [0, 0.05) is 69.6 Å². The van der Waals surface area contributed by atoms with E-state index in [0.29, 0.717) is 24.3 Å². The minimum atomic E-state index is -1.72. The first kappa shape index (κ1) is 28.7. The second-order valence-electron chi connectivity index (χ2n) is 13.4. The number of ether oxygens (including phenoxy) is 6. The summed E-state index contributed by atoms with van der Waals surface area (Å²) in [7, 11) is 8.74. The number of esters is 1. The van der Waals surface area contributed by atoms with Gasteiger partial charge >= 0.3 is 5.97 Å². The lowest BCUT2D eigenvalue weighted by atomic mass is 9.44. The number of fused-ring (bicyclic) bond motifs is 2. The summed E-state index contributed by atoms with van der Waals surface area (Å²) in [5.41, 5.74) is 1.09. The summed E-state index contributed by atoms with van der Waals surface area (Å²) >= 11 is 0. The van der Waals surface area contributed by atoms with Crippen LogP contribution in [-0.4, -0.2) is 101 Å². The van der Waals surface area contributed by atoms with Crippen LogP contribution < -0.4 is 4.74 Å². The highest BCUT2D eigenvalue weighted by molar-refractivity contribution is 5.89. The van der Waals surface area contributed by atoms with Gasteiger partial charge in [-0.05, 0) is 56.0 Å². The molecule has 1 aromatic carbocycles. The Hall–Kier alpha value is -2.01. The predicted molar refractivity (Wildman–Crippen MR) is 153 cm³/mol. The Morgan fingerprint density at radius 1 is 1.05 bits per heavy atom. The molecule has 1 spiro atoms. The second kappa shape index (κ2) is 10.0. The number of hydrogen-bond acceptors (Lipinski definition) is 9. The van der Waals surface area contributed by atoms with Gasteiger partial charge in [-0.3, -0.25) is 4.90 Å². The van der Waals surface area contributed by atoms with Gasteiger partial charge in [0.15, 0.2) is 0 Å². The first-order chi connectivity index (χ1) is 20.3. The summed E-state index contributed by atoms with van der Waals surface area (Å²) in [5, 5.41) is 12.7. The van der Waals surface area contributed by atoms with Crippen LogP contribution in [0.2, 0.25) is 0 Å². The van der Waals surface area contributed by atoms with Crippen molar-refractivity contribution in [2.75, 3.05) is 55.2 Å². The van der Waals surface area contributed by atoms with E-state index in [1.54, 1.807) is 45.6 Å². The average Bonchev–Trinajstić information content (AvgIpc) is 3.31. The number of carbonyl (C=O) groups is 1. The highest BCUT2D eigenvalue weighted by Gasteiger charge is 2.84. The Morgan fingerprint density at radius 3 is 2.43 bits per heavy atom. The zero-order chi connectivity index (χ0) is 29.6. The minimum absolute atomic E-state index is 0.0112. The van der Waals surface area contributed by atoms with Gasteiger partial charge in [0.1, 0.15) is 5.75 Å². The number of rotatable bonds is 9. The first-order valence-electron chi connectivity index (χ1n) is 15.4. The van der Waals surface area contributed by atoms with Crippen molar-refractivity contribution in [3.05, 3.63) is 41.5 Å². The number of likely N-dealkylation sites (tertiary alicyclic amines) is 1. The maximum absolute atomic E-state index is 13.7. The average molecular weight is 584 g/mol. The largest absolute Gasteiger partial charge is 0.497 e. The molecule has 0 aromatic heterocycles. The molecule has 230 valence electrons. The van der Waals surface area contributed by atoms with E-state index in [9.17, 15) is 9.90 Å². The minimum Gasteiger partial charge on any atom is -0.497 e. The van der Waals surface area contributed by atoms with Crippen LogP contribution in [0.15, 0.2) is 35.9 Å². The van der Waals surface area contributed by atoms with Crippen molar-refractivity contribution in [3.63, 3.8) is 0 Å². The molecule has 0 radical (unpaired) electrons. The topological polar surface area (TPSA) is 95.9 Å². The summed E-state index contributed by atoms with van der Waals surface area (Å²) in [4.78, 5) is 16.3. The smallest absolute Gasteiger partial charge is 0.340 e. The number of hydrogen-bond donors (Lipinski definition) is 1. The zero-order valence-corrected chi connectivity index (χ0v) is 25.6. The van der Waals surface area contributed by atoms with E-state index < -0.39 is 17.7 Å². The van der Waals surface area contributed by atoms with Crippen molar-refractivity contribution >= 4 is 5.97 Å². The molecule has 0 amide bonds. The van der Waals surface area contributed by atoms with Crippen molar-refractivity contribution in [3.8, 4) is 5.75 Å². The number of aliphatic hydroxyl groups is 1. The van der Waals surface area contributed by atoms with E-state index in [4.69, 9.17) is 28.4 Å². The molecule has 5 fully saturated rings. The van der Waals surface area contributed by atoms with Crippen LogP contribution in [0.3, 0.4) is 0 Å². The maximum atomic E-state index is 13.7. The maximum Gasteiger partial charge on any atom is 0.340 e. The van der Waals surface area contributed by atoms with Crippen molar-refractivity contribution in [2.24, 2.45) is 40.4 Å². The zero-order valence-electron chi connectivity index (χ0n) is 25.6. The van der Waals surface area contributed by atoms with Crippen LogP contribution in [0.1, 0.15) is 36.5 Å². The molecule has 4 saturated carbocycles. The molecule has 1 N–H and O–H groups in total. The lowest BCUT2D eigenvalue weighted by molar-refractivity contribution is -0.263. The lowest BCUT2D eigenvalue weighted by Gasteiger charge is -2.67. The van der Waals surface area contributed by atoms with Crippen molar-refractivity contribution < 1.29 is 38.3 Å². The molecule has 1 saturated heterocycles. The molecular weight excluding hydrogens is 538 g/mol. The molecule has 9 heteroatoms. The van der Waals surface area contributed by atoms with Crippen LogP contribution in [-0.2, 0) is 23.7 Å². The summed E-state index contributed by atoms with van der Waals surface area (Å²) in [6.07, 6.45) is 4.36. The van der Waals surface area contributed by atoms with E-state index in [-0.39, 0.29) is 58.9 Å². The van der Waals surface area contributed by atoms with Gasteiger partial charge in [-0.1, -0.05) is 18.6 Å². The second-order valence-corrected chi connectivity index (χ2v) is 13.4. The molecule has 1 aliphatic heterocycles. The number of piperidine rings is 1. The molecule has 4 unspecified atom stereocenters. The fourth-order valence-electron chi connectivity index (χ4n) is 11.4. The van der Waals surface area contributed by atoms with Crippen LogP contribution >= 0.6 is 0 Å². The van der Waals surface area contributed by atoms with E-state index in [0.717, 1.165) is 31.5 Å². The summed E-state index contributed by atoms with van der Waals surface area (Å²) < 4.78 is 36.6. The Morgan fingerprint density at radius 2 is 1.81 bits per heavy atom. The van der Waals surface area contributed by atoms with Gasteiger partial charge < -0.3 is 33.5 Å². The summed E-state index contributed by atoms with van der Waals surface area (Å²) in [6, 6.07) is 7.01. The van der Waals surface area contributed by atoms with Crippen molar-refractivity contribution in [1.82, 2.24) is 4.90 Å². The highest BCUT2D eigenvalue weighted by Crippen LogP contribution is 2.79. The van der Waals surface area contributed by atoms with E-state index in [2.05, 4.69) is 17.9 Å². The molecule has 5 aliphatic carbocycles. The van der Waals surface area contributed by atoms with Crippen molar-refractivity contribution in [2.45, 2.75) is 56.3 Å². The fourth-order valence-corrected chi connectivity index (χ4v) is 11.4.